The largest absolute Gasteiger partial charge is 0.497 e. The van der Waals surface area contributed by atoms with E-state index in [0.717, 1.165) is 41.1 Å². The number of benzene rings is 1. The number of hydrogen-bond donors (Lipinski definition) is 1. The molecule has 1 atom stereocenters. The van der Waals surface area contributed by atoms with Crippen molar-refractivity contribution in [3.63, 3.8) is 0 Å². The number of piperidine rings is 1. The average Bonchev–Trinajstić information content (AvgIpc) is 3.08. The zero-order valence-corrected chi connectivity index (χ0v) is 17.5. The van der Waals surface area contributed by atoms with Crippen molar-refractivity contribution in [2.24, 2.45) is 0 Å². The summed E-state index contributed by atoms with van der Waals surface area (Å²) in [7, 11) is 1.64. The summed E-state index contributed by atoms with van der Waals surface area (Å²) in [6, 6.07) is 7.30. The lowest BCUT2D eigenvalue weighted by Crippen LogP contribution is -2.49. The molecule has 1 fully saturated rings. The van der Waals surface area contributed by atoms with Crippen LogP contribution in [0.15, 0.2) is 24.3 Å². The molecule has 1 aliphatic rings. The zero-order chi connectivity index (χ0) is 20.1. The van der Waals surface area contributed by atoms with E-state index in [1.54, 1.807) is 12.0 Å². The molecule has 28 heavy (non-hydrogen) atoms. The Morgan fingerprint density at radius 2 is 2.04 bits per heavy atom. The number of amides is 2. The molecule has 2 amide bonds. The smallest absolute Gasteiger partial charge is 0.248 e. The number of ether oxygens (including phenoxy) is 1. The van der Waals surface area contributed by atoms with E-state index in [-0.39, 0.29) is 11.8 Å². The van der Waals surface area contributed by atoms with Crippen LogP contribution in [0.4, 0.5) is 5.13 Å². The molecule has 0 saturated carbocycles. The van der Waals surface area contributed by atoms with Gasteiger partial charge in [-0.2, -0.15) is 0 Å². The normalized spacial score (nSPS) is 16.7. The summed E-state index contributed by atoms with van der Waals surface area (Å²) in [5, 5.41) is 3.51. The van der Waals surface area contributed by atoms with Gasteiger partial charge in [0.25, 0.3) is 0 Å². The zero-order valence-electron chi connectivity index (χ0n) is 16.7. The summed E-state index contributed by atoms with van der Waals surface area (Å²) >= 11 is 1.45. The van der Waals surface area contributed by atoms with Gasteiger partial charge in [-0.15, -0.1) is 11.3 Å². The minimum atomic E-state index is -0.401. The number of aryl methyl sites for hydroxylation is 1. The number of nitrogens with zero attached hydrogens (tertiary/aromatic N) is 2. The molecule has 3 rings (SSSR count). The summed E-state index contributed by atoms with van der Waals surface area (Å²) in [4.78, 5) is 32.6. The minimum Gasteiger partial charge on any atom is -0.497 e. The highest BCUT2D eigenvalue weighted by atomic mass is 32.1. The molecule has 2 heterocycles. The molecule has 150 valence electrons. The van der Waals surface area contributed by atoms with Gasteiger partial charge in [0.1, 0.15) is 11.8 Å². The fourth-order valence-corrected chi connectivity index (χ4v) is 4.35. The molecule has 1 aliphatic heterocycles. The van der Waals surface area contributed by atoms with Gasteiger partial charge in [-0.25, -0.2) is 4.98 Å². The van der Waals surface area contributed by atoms with Crippen molar-refractivity contribution in [2.75, 3.05) is 19.0 Å². The third kappa shape index (κ3) is 4.52. The number of thiazole rings is 1. The Hall–Kier alpha value is -2.41. The number of likely N-dealkylation sites (tertiary alicyclic amines) is 1. The number of rotatable bonds is 6. The summed E-state index contributed by atoms with van der Waals surface area (Å²) < 4.78 is 5.20. The van der Waals surface area contributed by atoms with E-state index in [4.69, 9.17) is 4.74 Å². The highest BCUT2D eigenvalue weighted by Crippen LogP contribution is 2.32. The number of anilines is 1. The Balaban J connectivity index is 1.73. The third-order valence-electron chi connectivity index (χ3n) is 4.98. The van der Waals surface area contributed by atoms with Crippen LogP contribution in [0, 0.1) is 6.92 Å². The molecule has 1 saturated heterocycles. The second-order valence-corrected chi connectivity index (χ2v) is 8.19. The first-order valence-corrected chi connectivity index (χ1v) is 10.6. The molecular weight excluding hydrogens is 374 g/mol. The van der Waals surface area contributed by atoms with Gasteiger partial charge in [0.05, 0.1) is 12.8 Å². The van der Waals surface area contributed by atoms with Gasteiger partial charge in [-0.3, -0.25) is 9.59 Å². The Kier molecular flexibility index (Phi) is 6.67. The van der Waals surface area contributed by atoms with Crippen LogP contribution in [0.2, 0.25) is 0 Å². The van der Waals surface area contributed by atoms with Crippen molar-refractivity contribution >= 4 is 28.3 Å². The van der Waals surface area contributed by atoms with E-state index in [2.05, 4.69) is 10.3 Å². The van der Waals surface area contributed by atoms with Crippen LogP contribution < -0.4 is 10.1 Å². The second kappa shape index (κ2) is 9.19. The van der Waals surface area contributed by atoms with Crippen molar-refractivity contribution in [2.45, 2.75) is 52.0 Å². The predicted molar refractivity (Wildman–Crippen MR) is 112 cm³/mol. The van der Waals surface area contributed by atoms with E-state index < -0.39 is 6.04 Å². The first-order chi connectivity index (χ1) is 13.5. The summed E-state index contributed by atoms with van der Waals surface area (Å²) in [6.07, 6.45) is 3.90. The van der Waals surface area contributed by atoms with E-state index in [0.29, 0.717) is 24.5 Å². The maximum atomic E-state index is 12.9. The molecule has 2 aromatic rings. The number of nitrogens with one attached hydrogen (secondary N) is 1. The molecule has 0 bridgehead atoms. The molecular formula is C21H27N3O3S. The van der Waals surface area contributed by atoms with Gasteiger partial charge in [0, 0.05) is 23.4 Å². The minimum absolute atomic E-state index is 0.0663. The molecule has 1 N–H and O–H groups in total. The van der Waals surface area contributed by atoms with Gasteiger partial charge in [0.15, 0.2) is 5.13 Å². The van der Waals surface area contributed by atoms with Gasteiger partial charge in [-0.05, 0) is 56.9 Å². The van der Waals surface area contributed by atoms with Crippen molar-refractivity contribution in [1.82, 2.24) is 9.88 Å². The van der Waals surface area contributed by atoms with Crippen LogP contribution in [0.5, 0.6) is 5.75 Å². The lowest BCUT2D eigenvalue weighted by Gasteiger charge is -2.34. The average molecular weight is 402 g/mol. The highest BCUT2D eigenvalue weighted by Gasteiger charge is 2.32. The van der Waals surface area contributed by atoms with Crippen LogP contribution in [-0.2, 0) is 9.59 Å². The summed E-state index contributed by atoms with van der Waals surface area (Å²) in [5.41, 5.74) is 1.83. The van der Waals surface area contributed by atoms with Gasteiger partial charge in [-0.1, -0.05) is 6.92 Å². The molecule has 0 radical (unpaired) electrons. The van der Waals surface area contributed by atoms with Gasteiger partial charge >= 0.3 is 0 Å². The molecule has 0 spiro atoms. The van der Waals surface area contributed by atoms with Crippen LogP contribution in [0.1, 0.15) is 43.9 Å². The first-order valence-electron chi connectivity index (χ1n) is 9.75. The third-order valence-corrected chi connectivity index (χ3v) is 5.87. The molecule has 0 aliphatic carbocycles. The lowest BCUT2D eigenvalue weighted by atomic mass is 10.0. The fourth-order valence-electron chi connectivity index (χ4n) is 3.52. The summed E-state index contributed by atoms with van der Waals surface area (Å²) in [5.74, 6) is 0.718. The monoisotopic (exact) mass is 401 g/mol. The van der Waals surface area contributed by atoms with Crippen LogP contribution in [0.25, 0.3) is 11.3 Å². The topological polar surface area (TPSA) is 71.5 Å². The second-order valence-electron chi connectivity index (χ2n) is 6.99. The van der Waals surface area contributed by atoms with Crippen molar-refractivity contribution < 1.29 is 14.3 Å². The van der Waals surface area contributed by atoms with Crippen molar-refractivity contribution in [3.8, 4) is 17.0 Å². The predicted octanol–water partition coefficient (Wildman–Crippen LogP) is 4.25. The fraction of sp³-hybridized carbons (Fsp3) is 0.476. The highest BCUT2D eigenvalue weighted by molar-refractivity contribution is 7.16. The molecule has 1 aromatic heterocycles. The van der Waals surface area contributed by atoms with Crippen LogP contribution >= 0.6 is 11.3 Å². The maximum absolute atomic E-state index is 12.9. The Labute approximate surface area is 169 Å². The Morgan fingerprint density at radius 3 is 2.71 bits per heavy atom. The maximum Gasteiger partial charge on any atom is 0.248 e. The van der Waals surface area contributed by atoms with Gasteiger partial charge < -0.3 is 15.0 Å². The standard InChI is InChI=1S/C21H27N3O3S/c1-4-7-18(25)24-13-6-5-8-17(24)20(26)23-21-22-19(14(2)28-21)15-9-11-16(27-3)12-10-15/h9-12,17H,4-8,13H2,1-3H3,(H,22,23,26). The van der Waals surface area contributed by atoms with E-state index in [9.17, 15) is 9.59 Å². The van der Waals surface area contributed by atoms with Gasteiger partial charge in [0.2, 0.25) is 11.8 Å². The number of carbonyl (C=O) groups is 2. The van der Waals surface area contributed by atoms with Crippen molar-refractivity contribution in [3.05, 3.63) is 29.1 Å². The van der Waals surface area contributed by atoms with E-state index in [1.165, 1.54) is 11.3 Å². The Morgan fingerprint density at radius 1 is 1.29 bits per heavy atom. The van der Waals surface area contributed by atoms with Crippen molar-refractivity contribution in [1.29, 1.82) is 0 Å². The van der Waals surface area contributed by atoms with E-state index >= 15 is 0 Å². The number of aromatic nitrogens is 1. The van der Waals surface area contributed by atoms with Crippen LogP contribution in [-0.4, -0.2) is 41.4 Å². The van der Waals surface area contributed by atoms with Crippen LogP contribution in [0.3, 0.4) is 0 Å². The number of hydrogen-bond acceptors (Lipinski definition) is 5. The SMILES string of the molecule is CCCC(=O)N1CCCCC1C(=O)Nc1nc(-c2ccc(OC)cc2)c(C)s1. The molecule has 6 nitrogen and oxygen atoms in total. The Bertz CT molecular complexity index is 832. The summed E-state index contributed by atoms with van der Waals surface area (Å²) in [6.45, 7) is 4.63. The first kappa shape index (κ1) is 20.3. The molecule has 1 aromatic carbocycles. The quantitative estimate of drug-likeness (QED) is 0.786. The number of methoxy groups -OCH3 is 1. The molecule has 1 unspecified atom stereocenters. The van der Waals surface area contributed by atoms with E-state index in [1.807, 2.05) is 38.1 Å². The number of carbonyl (C=O) groups excluding carboxylic acids is 2. The lowest BCUT2D eigenvalue weighted by molar-refractivity contribution is -0.140. The molecule has 7 heteroatoms.